The van der Waals surface area contributed by atoms with Crippen molar-refractivity contribution in [3.63, 3.8) is 0 Å². The van der Waals surface area contributed by atoms with Gasteiger partial charge in [0.15, 0.2) is 0 Å². The van der Waals surface area contributed by atoms with Gasteiger partial charge in [0, 0.05) is 11.0 Å². The van der Waals surface area contributed by atoms with Crippen molar-refractivity contribution >= 4 is 26.0 Å². The molecule has 2 unspecified atom stereocenters. The van der Waals surface area contributed by atoms with Crippen molar-refractivity contribution in [2.24, 2.45) is 0 Å². The molecule has 1 aliphatic rings. The van der Waals surface area contributed by atoms with E-state index in [0.717, 1.165) is 10.0 Å². The third-order valence-electron chi connectivity index (χ3n) is 3.45. The van der Waals surface area contributed by atoms with E-state index in [1.54, 1.807) is 24.3 Å². The number of sulfonamides is 1. The molecule has 0 bridgehead atoms. The van der Waals surface area contributed by atoms with Gasteiger partial charge in [0.2, 0.25) is 10.0 Å². The lowest BCUT2D eigenvalue weighted by molar-refractivity contribution is 0.554. The maximum absolute atomic E-state index is 12.5. The van der Waals surface area contributed by atoms with Crippen LogP contribution in [-0.2, 0) is 10.0 Å². The van der Waals surface area contributed by atoms with Crippen LogP contribution in [0.1, 0.15) is 17.2 Å². The Kier molecular flexibility index (Phi) is 3.44. The van der Waals surface area contributed by atoms with E-state index < -0.39 is 10.0 Å². The van der Waals surface area contributed by atoms with Crippen LogP contribution in [0.25, 0.3) is 0 Å². The molecule has 1 aliphatic heterocycles. The summed E-state index contributed by atoms with van der Waals surface area (Å²) in [6.45, 7) is 2.58. The number of halogens is 1. The molecule has 0 aliphatic carbocycles. The molecule has 1 heterocycles. The zero-order valence-corrected chi connectivity index (χ0v) is 13.4. The Morgan fingerprint density at radius 2 is 1.65 bits per heavy atom. The standard InChI is InChI=1S/C15H14BrNO2S/c1-11-2-4-12(5-3-11)15-10-17(15)20(18,19)14-8-6-13(16)7-9-14/h2-9,15H,10H2,1H3. The molecule has 2 atom stereocenters. The Labute approximate surface area is 127 Å². The van der Waals surface area contributed by atoms with Gasteiger partial charge in [-0.25, -0.2) is 8.42 Å². The van der Waals surface area contributed by atoms with Crippen LogP contribution in [0, 0.1) is 6.92 Å². The fourth-order valence-electron chi connectivity index (χ4n) is 2.19. The van der Waals surface area contributed by atoms with Crippen molar-refractivity contribution in [1.29, 1.82) is 0 Å². The molecule has 1 saturated heterocycles. The summed E-state index contributed by atoms with van der Waals surface area (Å²) >= 11 is 3.31. The summed E-state index contributed by atoms with van der Waals surface area (Å²) < 4.78 is 27.3. The predicted molar refractivity (Wildman–Crippen MR) is 82.0 cm³/mol. The monoisotopic (exact) mass is 351 g/mol. The van der Waals surface area contributed by atoms with E-state index in [0.29, 0.717) is 11.4 Å². The van der Waals surface area contributed by atoms with Gasteiger partial charge in [-0.15, -0.1) is 0 Å². The van der Waals surface area contributed by atoms with Crippen molar-refractivity contribution in [3.05, 3.63) is 64.1 Å². The van der Waals surface area contributed by atoms with Crippen LogP contribution in [0.4, 0.5) is 0 Å². The number of rotatable bonds is 3. The van der Waals surface area contributed by atoms with E-state index in [9.17, 15) is 8.42 Å². The summed E-state index contributed by atoms with van der Waals surface area (Å²) in [6.07, 6.45) is 0. The van der Waals surface area contributed by atoms with Crippen LogP contribution in [0.15, 0.2) is 57.9 Å². The Morgan fingerprint density at radius 1 is 1.05 bits per heavy atom. The largest absolute Gasteiger partial charge is 0.243 e. The minimum atomic E-state index is -3.38. The molecule has 1 fully saturated rings. The van der Waals surface area contributed by atoms with Gasteiger partial charge in [-0.2, -0.15) is 4.31 Å². The first-order valence-electron chi connectivity index (χ1n) is 6.32. The summed E-state index contributed by atoms with van der Waals surface area (Å²) in [4.78, 5) is 0.343. The number of hydrogen-bond acceptors (Lipinski definition) is 2. The maximum atomic E-state index is 12.5. The predicted octanol–water partition coefficient (Wildman–Crippen LogP) is 3.50. The molecule has 0 saturated carbocycles. The van der Waals surface area contributed by atoms with E-state index in [2.05, 4.69) is 15.9 Å². The maximum Gasteiger partial charge on any atom is 0.243 e. The molecule has 5 heteroatoms. The molecule has 3 rings (SSSR count). The van der Waals surface area contributed by atoms with E-state index in [1.165, 1.54) is 9.87 Å². The highest BCUT2D eigenvalue weighted by molar-refractivity contribution is 9.10. The Bertz CT molecular complexity index is 723. The molecule has 0 amide bonds. The molecule has 0 spiro atoms. The van der Waals surface area contributed by atoms with Gasteiger partial charge in [-0.05, 0) is 36.8 Å². The zero-order valence-electron chi connectivity index (χ0n) is 11.0. The van der Waals surface area contributed by atoms with E-state index in [-0.39, 0.29) is 6.04 Å². The summed E-state index contributed by atoms with van der Waals surface area (Å²) in [6, 6.07) is 14.7. The smallest absolute Gasteiger partial charge is 0.207 e. The van der Waals surface area contributed by atoms with Crippen LogP contribution in [-0.4, -0.2) is 19.3 Å². The lowest BCUT2D eigenvalue weighted by Crippen LogP contribution is -2.12. The number of benzene rings is 2. The fraction of sp³-hybridized carbons (Fsp3) is 0.200. The quantitative estimate of drug-likeness (QED) is 0.793. The van der Waals surface area contributed by atoms with Crippen molar-refractivity contribution in [2.45, 2.75) is 17.9 Å². The second-order valence-corrected chi connectivity index (χ2v) is 7.76. The van der Waals surface area contributed by atoms with Crippen LogP contribution in [0.2, 0.25) is 0 Å². The number of hydrogen-bond donors (Lipinski definition) is 0. The summed E-state index contributed by atoms with van der Waals surface area (Å²) in [5, 5.41) is 0. The molecule has 20 heavy (non-hydrogen) atoms. The first-order valence-corrected chi connectivity index (χ1v) is 8.56. The van der Waals surface area contributed by atoms with Gasteiger partial charge in [0.05, 0.1) is 10.9 Å². The van der Waals surface area contributed by atoms with Crippen molar-refractivity contribution in [3.8, 4) is 0 Å². The van der Waals surface area contributed by atoms with E-state index in [4.69, 9.17) is 0 Å². The van der Waals surface area contributed by atoms with Crippen molar-refractivity contribution < 1.29 is 8.42 Å². The van der Waals surface area contributed by atoms with Crippen molar-refractivity contribution in [2.75, 3.05) is 6.54 Å². The third-order valence-corrected chi connectivity index (χ3v) is 5.87. The first-order chi connectivity index (χ1) is 9.48. The molecule has 3 nitrogen and oxygen atoms in total. The minimum Gasteiger partial charge on any atom is -0.207 e. The van der Waals surface area contributed by atoms with Crippen LogP contribution in [0.5, 0.6) is 0 Å². The highest BCUT2D eigenvalue weighted by Crippen LogP contribution is 2.40. The van der Waals surface area contributed by atoms with E-state index in [1.807, 2.05) is 31.2 Å². The Morgan fingerprint density at radius 3 is 2.25 bits per heavy atom. The molecule has 2 aromatic rings. The summed E-state index contributed by atoms with van der Waals surface area (Å²) in [7, 11) is -3.38. The second-order valence-electron chi connectivity index (χ2n) is 4.96. The van der Waals surface area contributed by atoms with Gasteiger partial charge in [-0.1, -0.05) is 45.8 Å². The molecule has 104 valence electrons. The molecular formula is C15H14BrNO2S. The second kappa shape index (κ2) is 4.98. The molecule has 0 N–H and O–H groups in total. The lowest BCUT2D eigenvalue weighted by atomic mass is 10.1. The molecule has 0 aromatic heterocycles. The van der Waals surface area contributed by atoms with Gasteiger partial charge in [-0.3, -0.25) is 0 Å². The number of nitrogens with zero attached hydrogens (tertiary/aromatic N) is 1. The zero-order chi connectivity index (χ0) is 14.3. The molecular weight excluding hydrogens is 338 g/mol. The average Bonchev–Trinajstić information content (AvgIpc) is 3.21. The lowest BCUT2D eigenvalue weighted by Gasteiger charge is -2.07. The number of aryl methyl sites for hydroxylation is 1. The normalized spacial score (nSPS) is 21.7. The summed E-state index contributed by atoms with van der Waals surface area (Å²) in [5.74, 6) is 0. The van der Waals surface area contributed by atoms with Crippen LogP contribution < -0.4 is 0 Å². The first kappa shape index (κ1) is 13.8. The highest BCUT2D eigenvalue weighted by Gasteiger charge is 2.45. The van der Waals surface area contributed by atoms with Crippen LogP contribution >= 0.6 is 15.9 Å². The Balaban J connectivity index is 1.84. The topological polar surface area (TPSA) is 37.1 Å². The van der Waals surface area contributed by atoms with Gasteiger partial charge < -0.3 is 0 Å². The van der Waals surface area contributed by atoms with Gasteiger partial charge in [0.1, 0.15) is 0 Å². The third kappa shape index (κ3) is 2.53. The van der Waals surface area contributed by atoms with Crippen LogP contribution in [0.3, 0.4) is 0 Å². The van der Waals surface area contributed by atoms with Gasteiger partial charge in [0.25, 0.3) is 0 Å². The fourth-order valence-corrected chi connectivity index (χ4v) is 4.00. The SMILES string of the molecule is Cc1ccc(C2CN2S(=O)(=O)c2ccc(Br)cc2)cc1. The minimum absolute atomic E-state index is 0.0238. The highest BCUT2D eigenvalue weighted by atomic mass is 79.9. The average molecular weight is 352 g/mol. The summed E-state index contributed by atoms with van der Waals surface area (Å²) in [5.41, 5.74) is 2.23. The van der Waals surface area contributed by atoms with Gasteiger partial charge >= 0.3 is 0 Å². The molecule has 2 aromatic carbocycles. The Hall–Kier alpha value is -1.17. The van der Waals surface area contributed by atoms with Crippen molar-refractivity contribution in [1.82, 2.24) is 4.31 Å². The van der Waals surface area contributed by atoms with E-state index >= 15 is 0 Å². The molecule has 0 radical (unpaired) electrons.